The molecule has 1 aromatic heterocycles. The van der Waals surface area contributed by atoms with Gasteiger partial charge >= 0.3 is 0 Å². The highest BCUT2D eigenvalue weighted by atomic mass is 35.5. The first-order valence-corrected chi connectivity index (χ1v) is 8.91. The molecule has 0 unspecified atom stereocenters. The van der Waals surface area contributed by atoms with Crippen LogP contribution in [0, 0.1) is 0 Å². The average Bonchev–Trinajstić information content (AvgIpc) is 3.14. The number of rotatable bonds is 6. The number of anilines is 1. The molecule has 2 aromatic carbocycles. The maximum atomic E-state index is 12.1. The molecule has 10 heteroatoms. The zero-order valence-electron chi connectivity index (χ0n) is 14.4. The fourth-order valence-corrected chi connectivity index (χ4v) is 2.93. The predicted octanol–water partition coefficient (Wildman–Crippen LogP) is 2.35. The molecule has 28 heavy (non-hydrogen) atoms. The van der Waals surface area contributed by atoms with Crippen LogP contribution in [0.4, 0.5) is 5.69 Å². The molecular weight excluding hydrogens is 405 g/mol. The van der Waals surface area contributed by atoms with E-state index in [1.165, 1.54) is 18.2 Å². The molecule has 3 rings (SSSR count). The molecule has 0 radical (unpaired) electrons. The van der Waals surface area contributed by atoms with Gasteiger partial charge in [0.15, 0.2) is 0 Å². The molecule has 0 aliphatic heterocycles. The fourth-order valence-electron chi connectivity index (χ4n) is 2.44. The summed E-state index contributed by atoms with van der Waals surface area (Å²) in [5.74, 6) is -1.46. The summed E-state index contributed by atoms with van der Waals surface area (Å²) < 4.78 is 0. The molecule has 0 saturated heterocycles. The second kappa shape index (κ2) is 8.73. The molecule has 1 heterocycles. The number of halogens is 2. The molecule has 3 aromatic rings. The zero-order valence-corrected chi connectivity index (χ0v) is 15.9. The van der Waals surface area contributed by atoms with Crippen LogP contribution >= 0.6 is 23.2 Å². The van der Waals surface area contributed by atoms with E-state index in [-0.39, 0.29) is 23.7 Å². The molecule has 3 amide bonds. The molecule has 4 N–H and O–H groups in total. The minimum atomic E-state index is -0.521. The second-order valence-corrected chi connectivity index (χ2v) is 6.62. The quantitative estimate of drug-likeness (QED) is 0.490. The highest BCUT2D eigenvalue weighted by Gasteiger charge is 2.13. The molecule has 0 spiro atoms. The van der Waals surface area contributed by atoms with Gasteiger partial charge in [0.05, 0.1) is 41.1 Å². The summed E-state index contributed by atoms with van der Waals surface area (Å²) in [7, 11) is 0. The highest BCUT2D eigenvalue weighted by Crippen LogP contribution is 2.21. The SMILES string of the molecule is O=C(CNC(=O)c1ccc(Cl)cc1Cl)NCC(=O)Nc1cccc2cn[nH]c12. The second-order valence-electron chi connectivity index (χ2n) is 5.77. The lowest BCUT2D eigenvalue weighted by atomic mass is 10.2. The van der Waals surface area contributed by atoms with Gasteiger partial charge in [-0.1, -0.05) is 35.3 Å². The number of hydrogen-bond acceptors (Lipinski definition) is 4. The first kappa shape index (κ1) is 19.7. The van der Waals surface area contributed by atoms with Crippen molar-refractivity contribution in [3.8, 4) is 0 Å². The highest BCUT2D eigenvalue weighted by molar-refractivity contribution is 6.36. The van der Waals surface area contributed by atoms with Crippen molar-refractivity contribution in [3.63, 3.8) is 0 Å². The number of carbonyl (C=O) groups excluding carboxylic acids is 3. The first-order chi connectivity index (χ1) is 13.4. The summed E-state index contributed by atoms with van der Waals surface area (Å²) in [6.45, 7) is -0.553. The van der Waals surface area contributed by atoms with Crippen molar-refractivity contribution in [2.75, 3.05) is 18.4 Å². The van der Waals surface area contributed by atoms with Crippen molar-refractivity contribution in [1.29, 1.82) is 0 Å². The number of nitrogens with one attached hydrogen (secondary N) is 4. The summed E-state index contributed by atoms with van der Waals surface area (Å²) in [6, 6.07) is 9.77. The van der Waals surface area contributed by atoms with E-state index in [0.717, 1.165) is 5.39 Å². The van der Waals surface area contributed by atoms with E-state index in [1.807, 2.05) is 6.07 Å². The Morgan fingerprint density at radius 1 is 1.00 bits per heavy atom. The zero-order chi connectivity index (χ0) is 20.1. The third kappa shape index (κ3) is 4.79. The van der Waals surface area contributed by atoms with Gasteiger partial charge in [-0.25, -0.2) is 0 Å². The van der Waals surface area contributed by atoms with Gasteiger partial charge in [-0.15, -0.1) is 0 Å². The monoisotopic (exact) mass is 419 g/mol. The van der Waals surface area contributed by atoms with Gasteiger partial charge in [-0.05, 0) is 24.3 Å². The van der Waals surface area contributed by atoms with E-state index in [1.54, 1.807) is 18.3 Å². The Hall–Kier alpha value is -3.10. The van der Waals surface area contributed by atoms with Gasteiger partial charge in [-0.2, -0.15) is 5.10 Å². The number of hydrogen-bond donors (Lipinski definition) is 4. The Balaban J connectivity index is 1.47. The van der Waals surface area contributed by atoms with Crippen molar-refractivity contribution >= 4 is 57.5 Å². The van der Waals surface area contributed by atoms with E-state index in [9.17, 15) is 14.4 Å². The number of amides is 3. The third-order valence-electron chi connectivity index (χ3n) is 3.78. The topological polar surface area (TPSA) is 116 Å². The minimum Gasteiger partial charge on any atom is -0.345 e. The van der Waals surface area contributed by atoms with Crippen molar-refractivity contribution in [1.82, 2.24) is 20.8 Å². The normalized spacial score (nSPS) is 10.5. The van der Waals surface area contributed by atoms with Gasteiger partial charge < -0.3 is 16.0 Å². The van der Waals surface area contributed by atoms with Crippen LogP contribution in [0.3, 0.4) is 0 Å². The van der Waals surface area contributed by atoms with E-state index in [4.69, 9.17) is 23.2 Å². The molecule has 0 atom stereocenters. The van der Waals surface area contributed by atoms with Gasteiger partial charge in [0.2, 0.25) is 11.8 Å². The molecule has 0 fully saturated rings. The molecular formula is C18H15Cl2N5O3. The van der Waals surface area contributed by atoms with Crippen LogP contribution in [-0.4, -0.2) is 41.0 Å². The van der Waals surface area contributed by atoms with Crippen LogP contribution in [0.2, 0.25) is 10.0 Å². The van der Waals surface area contributed by atoms with Crippen LogP contribution in [0.5, 0.6) is 0 Å². The minimum absolute atomic E-state index is 0.178. The van der Waals surface area contributed by atoms with E-state index in [2.05, 4.69) is 26.1 Å². The standard InChI is InChI=1S/C18H15Cl2N5O3/c19-11-4-5-12(13(20)6-11)18(28)22-8-15(26)21-9-16(27)24-14-3-1-2-10-7-23-25-17(10)14/h1-7H,8-9H2,(H,21,26)(H,22,28)(H,23,25)(H,24,27). The summed E-state index contributed by atoms with van der Waals surface area (Å²) in [4.78, 5) is 36.0. The number of H-pyrrole nitrogens is 1. The van der Waals surface area contributed by atoms with Crippen LogP contribution in [0.25, 0.3) is 10.9 Å². The largest absolute Gasteiger partial charge is 0.345 e. The number of aromatic nitrogens is 2. The number of nitrogens with zero attached hydrogens (tertiary/aromatic N) is 1. The number of benzene rings is 2. The number of fused-ring (bicyclic) bond motifs is 1. The summed E-state index contributed by atoms with van der Waals surface area (Å²) in [5, 5.41) is 15.7. The predicted molar refractivity (Wildman–Crippen MR) is 107 cm³/mol. The smallest absolute Gasteiger partial charge is 0.253 e. The molecule has 8 nitrogen and oxygen atoms in total. The Bertz CT molecular complexity index is 1050. The molecule has 0 aliphatic carbocycles. The van der Waals surface area contributed by atoms with Crippen LogP contribution in [0.15, 0.2) is 42.6 Å². The van der Waals surface area contributed by atoms with Crippen molar-refractivity contribution < 1.29 is 14.4 Å². The molecule has 0 aliphatic rings. The Morgan fingerprint density at radius 2 is 1.79 bits per heavy atom. The first-order valence-electron chi connectivity index (χ1n) is 8.16. The maximum Gasteiger partial charge on any atom is 0.253 e. The van der Waals surface area contributed by atoms with E-state index >= 15 is 0 Å². The maximum absolute atomic E-state index is 12.1. The van der Waals surface area contributed by atoms with Crippen molar-refractivity contribution in [3.05, 3.63) is 58.2 Å². The summed E-state index contributed by atoms with van der Waals surface area (Å²) >= 11 is 11.7. The van der Waals surface area contributed by atoms with Gasteiger partial charge in [0.25, 0.3) is 5.91 Å². The molecule has 144 valence electrons. The van der Waals surface area contributed by atoms with Gasteiger partial charge in [0.1, 0.15) is 0 Å². The lowest BCUT2D eigenvalue weighted by molar-refractivity contribution is -0.123. The Kier molecular flexibility index (Phi) is 6.13. The lowest BCUT2D eigenvalue weighted by Crippen LogP contribution is -2.40. The number of carbonyl (C=O) groups is 3. The van der Waals surface area contributed by atoms with Crippen LogP contribution in [-0.2, 0) is 9.59 Å². The average molecular weight is 420 g/mol. The van der Waals surface area contributed by atoms with Gasteiger partial charge in [-0.3, -0.25) is 19.5 Å². The summed E-state index contributed by atoms with van der Waals surface area (Å²) in [6.07, 6.45) is 1.64. The van der Waals surface area contributed by atoms with Crippen LogP contribution < -0.4 is 16.0 Å². The third-order valence-corrected chi connectivity index (χ3v) is 4.33. The van der Waals surface area contributed by atoms with Crippen molar-refractivity contribution in [2.24, 2.45) is 0 Å². The van der Waals surface area contributed by atoms with Crippen LogP contribution in [0.1, 0.15) is 10.4 Å². The van der Waals surface area contributed by atoms with Crippen molar-refractivity contribution in [2.45, 2.75) is 0 Å². The lowest BCUT2D eigenvalue weighted by Gasteiger charge is -2.09. The Labute approximate surface area is 169 Å². The van der Waals surface area contributed by atoms with E-state index in [0.29, 0.717) is 16.2 Å². The number of aromatic amines is 1. The summed E-state index contributed by atoms with van der Waals surface area (Å²) in [5.41, 5.74) is 1.44. The number of para-hydroxylation sites is 1. The molecule has 0 bridgehead atoms. The molecule has 0 saturated carbocycles. The Morgan fingerprint density at radius 3 is 2.57 bits per heavy atom. The van der Waals surface area contributed by atoms with Gasteiger partial charge in [0, 0.05) is 10.4 Å². The fraction of sp³-hybridized carbons (Fsp3) is 0.111. The van der Waals surface area contributed by atoms with E-state index < -0.39 is 17.7 Å².